The molecule has 16 heavy (non-hydrogen) atoms. The summed E-state index contributed by atoms with van der Waals surface area (Å²) in [6.45, 7) is 5.14. The highest BCUT2D eigenvalue weighted by atomic mass is 16.5. The lowest BCUT2D eigenvalue weighted by Crippen LogP contribution is -2.47. The Kier molecular flexibility index (Phi) is 5.22. The van der Waals surface area contributed by atoms with Crippen molar-refractivity contribution >= 4 is 5.97 Å². The van der Waals surface area contributed by atoms with E-state index in [9.17, 15) is 4.79 Å². The Morgan fingerprint density at radius 1 is 1.44 bits per heavy atom. The average molecular weight is 229 g/mol. The summed E-state index contributed by atoms with van der Waals surface area (Å²) in [4.78, 5) is 11.4. The fraction of sp³-hybridized carbons (Fsp3) is 0.917. The molecule has 1 saturated carbocycles. The molecule has 0 spiro atoms. The van der Waals surface area contributed by atoms with E-state index in [1.807, 2.05) is 0 Å². The van der Waals surface area contributed by atoms with Crippen LogP contribution in [-0.4, -0.2) is 31.3 Å². The Balaban J connectivity index is 2.06. The summed E-state index contributed by atoms with van der Waals surface area (Å²) >= 11 is 0. The summed E-state index contributed by atoms with van der Waals surface area (Å²) in [5.74, 6) is 0.537. The number of rotatable bonds is 8. The molecule has 0 bridgehead atoms. The predicted octanol–water partition coefficient (Wildman–Crippen LogP) is 1.47. The Bertz CT molecular complexity index is 224. The number of nitrogens with two attached hydrogens (primary N) is 1. The Morgan fingerprint density at radius 3 is 2.69 bits per heavy atom. The fourth-order valence-corrected chi connectivity index (χ4v) is 1.44. The highest BCUT2D eigenvalue weighted by Crippen LogP contribution is 2.32. The molecule has 1 aliphatic rings. The van der Waals surface area contributed by atoms with E-state index in [1.54, 1.807) is 13.8 Å². The summed E-state index contributed by atoms with van der Waals surface area (Å²) in [5, 5.41) is 0. The van der Waals surface area contributed by atoms with Gasteiger partial charge in [0.25, 0.3) is 0 Å². The van der Waals surface area contributed by atoms with Crippen LogP contribution in [0.25, 0.3) is 0 Å². The van der Waals surface area contributed by atoms with Crippen LogP contribution in [0, 0.1) is 5.92 Å². The SMILES string of the molecule is CCOC(=O)C(C)(N)CCOCCC1CC1. The topological polar surface area (TPSA) is 61.5 Å². The van der Waals surface area contributed by atoms with Gasteiger partial charge in [-0.15, -0.1) is 0 Å². The lowest BCUT2D eigenvalue weighted by molar-refractivity contribution is -0.149. The normalized spacial score (nSPS) is 19.2. The summed E-state index contributed by atoms with van der Waals surface area (Å²) in [7, 11) is 0. The molecule has 1 rings (SSSR count). The Hall–Kier alpha value is -0.610. The van der Waals surface area contributed by atoms with E-state index in [-0.39, 0.29) is 5.97 Å². The molecule has 1 aliphatic carbocycles. The third kappa shape index (κ3) is 4.94. The van der Waals surface area contributed by atoms with Crippen molar-refractivity contribution in [3.05, 3.63) is 0 Å². The maximum absolute atomic E-state index is 11.4. The van der Waals surface area contributed by atoms with Gasteiger partial charge < -0.3 is 15.2 Å². The molecule has 0 radical (unpaired) electrons. The molecule has 0 aromatic heterocycles. The molecule has 1 unspecified atom stereocenters. The quantitative estimate of drug-likeness (QED) is 0.506. The van der Waals surface area contributed by atoms with Gasteiger partial charge in [-0.1, -0.05) is 12.8 Å². The molecule has 1 fully saturated rings. The third-order valence-electron chi connectivity index (χ3n) is 2.87. The molecule has 1 atom stereocenters. The molecule has 4 nitrogen and oxygen atoms in total. The van der Waals surface area contributed by atoms with Crippen LogP contribution in [0.5, 0.6) is 0 Å². The second-order valence-electron chi connectivity index (χ2n) is 4.73. The standard InChI is InChI=1S/C12H23NO3/c1-3-16-11(14)12(2,13)7-9-15-8-6-10-4-5-10/h10H,3-9,13H2,1-2H3. The number of carbonyl (C=O) groups excluding carboxylic acids is 1. The summed E-state index contributed by atoms with van der Waals surface area (Å²) in [6.07, 6.45) is 4.35. The largest absolute Gasteiger partial charge is 0.465 e. The van der Waals surface area contributed by atoms with E-state index in [0.29, 0.717) is 19.6 Å². The van der Waals surface area contributed by atoms with Crippen LogP contribution >= 0.6 is 0 Å². The number of carbonyl (C=O) groups is 1. The summed E-state index contributed by atoms with van der Waals surface area (Å²) in [6, 6.07) is 0. The lowest BCUT2D eigenvalue weighted by Gasteiger charge is -2.21. The van der Waals surface area contributed by atoms with E-state index in [4.69, 9.17) is 15.2 Å². The monoisotopic (exact) mass is 229 g/mol. The first-order valence-corrected chi connectivity index (χ1v) is 6.10. The minimum atomic E-state index is -0.921. The first-order chi connectivity index (χ1) is 7.56. The van der Waals surface area contributed by atoms with Gasteiger partial charge in [0.15, 0.2) is 0 Å². The van der Waals surface area contributed by atoms with Gasteiger partial charge >= 0.3 is 5.97 Å². The highest BCUT2D eigenvalue weighted by molar-refractivity contribution is 5.79. The highest BCUT2D eigenvalue weighted by Gasteiger charge is 2.29. The summed E-state index contributed by atoms with van der Waals surface area (Å²) in [5.41, 5.74) is 4.93. The van der Waals surface area contributed by atoms with Gasteiger partial charge in [-0.3, -0.25) is 4.79 Å². The van der Waals surface area contributed by atoms with Crippen molar-refractivity contribution in [1.82, 2.24) is 0 Å². The van der Waals surface area contributed by atoms with E-state index >= 15 is 0 Å². The Morgan fingerprint density at radius 2 is 2.12 bits per heavy atom. The van der Waals surface area contributed by atoms with Crippen molar-refractivity contribution < 1.29 is 14.3 Å². The van der Waals surface area contributed by atoms with E-state index < -0.39 is 5.54 Å². The van der Waals surface area contributed by atoms with E-state index in [2.05, 4.69) is 0 Å². The molecular weight excluding hydrogens is 206 g/mol. The molecule has 0 amide bonds. The molecule has 2 N–H and O–H groups in total. The zero-order valence-corrected chi connectivity index (χ0v) is 10.3. The first kappa shape index (κ1) is 13.5. The maximum atomic E-state index is 11.4. The van der Waals surface area contributed by atoms with Crippen LogP contribution in [-0.2, 0) is 14.3 Å². The van der Waals surface area contributed by atoms with E-state index in [0.717, 1.165) is 18.9 Å². The minimum absolute atomic E-state index is 0.346. The fourth-order valence-electron chi connectivity index (χ4n) is 1.44. The van der Waals surface area contributed by atoms with Crippen molar-refractivity contribution in [3.8, 4) is 0 Å². The van der Waals surface area contributed by atoms with Gasteiger partial charge in [-0.2, -0.15) is 0 Å². The lowest BCUT2D eigenvalue weighted by atomic mass is 10.0. The van der Waals surface area contributed by atoms with Crippen molar-refractivity contribution in [2.75, 3.05) is 19.8 Å². The molecule has 0 aromatic carbocycles. The van der Waals surface area contributed by atoms with Crippen molar-refractivity contribution in [2.24, 2.45) is 11.7 Å². The van der Waals surface area contributed by atoms with Crippen molar-refractivity contribution in [2.45, 2.75) is 45.1 Å². The van der Waals surface area contributed by atoms with Gasteiger partial charge in [-0.25, -0.2) is 0 Å². The molecule has 94 valence electrons. The molecule has 0 aromatic rings. The van der Waals surface area contributed by atoms with Gasteiger partial charge in [0.05, 0.1) is 6.61 Å². The zero-order chi connectivity index (χ0) is 12.0. The number of esters is 1. The number of ether oxygens (including phenoxy) is 2. The van der Waals surface area contributed by atoms with Crippen LogP contribution < -0.4 is 5.73 Å². The van der Waals surface area contributed by atoms with Crippen molar-refractivity contribution in [3.63, 3.8) is 0 Å². The summed E-state index contributed by atoms with van der Waals surface area (Å²) < 4.78 is 10.4. The van der Waals surface area contributed by atoms with Gasteiger partial charge in [0, 0.05) is 13.2 Å². The van der Waals surface area contributed by atoms with Crippen LogP contribution in [0.2, 0.25) is 0 Å². The van der Waals surface area contributed by atoms with Gasteiger partial charge in [-0.05, 0) is 32.6 Å². The maximum Gasteiger partial charge on any atom is 0.325 e. The van der Waals surface area contributed by atoms with Crippen LogP contribution in [0.4, 0.5) is 0 Å². The molecule has 0 aliphatic heterocycles. The van der Waals surface area contributed by atoms with Crippen LogP contribution in [0.3, 0.4) is 0 Å². The number of hydrogen-bond donors (Lipinski definition) is 1. The predicted molar refractivity (Wildman–Crippen MR) is 62.0 cm³/mol. The minimum Gasteiger partial charge on any atom is -0.465 e. The second-order valence-corrected chi connectivity index (χ2v) is 4.73. The average Bonchev–Trinajstić information content (AvgIpc) is 3.01. The van der Waals surface area contributed by atoms with E-state index in [1.165, 1.54) is 12.8 Å². The molecule has 4 heteroatoms. The number of hydrogen-bond acceptors (Lipinski definition) is 4. The smallest absolute Gasteiger partial charge is 0.325 e. The molecule has 0 heterocycles. The second kappa shape index (κ2) is 6.21. The van der Waals surface area contributed by atoms with Gasteiger partial charge in [0.1, 0.15) is 5.54 Å². The van der Waals surface area contributed by atoms with Crippen LogP contribution in [0.15, 0.2) is 0 Å². The third-order valence-corrected chi connectivity index (χ3v) is 2.87. The Labute approximate surface area is 97.5 Å². The van der Waals surface area contributed by atoms with Crippen molar-refractivity contribution in [1.29, 1.82) is 0 Å². The van der Waals surface area contributed by atoms with Gasteiger partial charge in [0.2, 0.25) is 0 Å². The molecular formula is C12H23NO3. The first-order valence-electron chi connectivity index (χ1n) is 6.10. The van der Waals surface area contributed by atoms with Crippen LogP contribution in [0.1, 0.15) is 39.5 Å². The zero-order valence-electron chi connectivity index (χ0n) is 10.3. The molecule has 0 saturated heterocycles.